The van der Waals surface area contributed by atoms with Crippen molar-refractivity contribution in [1.82, 2.24) is 20.2 Å². The molecule has 0 saturated carbocycles. The third-order valence-corrected chi connectivity index (χ3v) is 4.70. The van der Waals surface area contributed by atoms with Crippen molar-refractivity contribution >= 4 is 0 Å². The first-order valence-corrected chi connectivity index (χ1v) is 7.53. The van der Waals surface area contributed by atoms with E-state index < -0.39 is 0 Å². The van der Waals surface area contributed by atoms with Crippen molar-refractivity contribution in [1.29, 1.82) is 0 Å². The second-order valence-corrected chi connectivity index (χ2v) is 5.90. The van der Waals surface area contributed by atoms with Crippen LogP contribution < -0.4 is 11.3 Å². The number of rotatable bonds is 3. The Kier molecular flexibility index (Phi) is 3.78. The SMILES string of the molecule is Cc1nn(C)c(C)c1C(NN)C1CCCc2cccnc21. The quantitative estimate of drug-likeness (QED) is 0.669. The van der Waals surface area contributed by atoms with Gasteiger partial charge in [0, 0.05) is 36.1 Å². The Morgan fingerprint density at radius 2 is 2.24 bits per heavy atom. The molecule has 2 aromatic rings. The Labute approximate surface area is 125 Å². The molecule has 0 spiro atoms. The molecule has 0 amide bonds. The van der Waals surface area contributed by atoms with Gasteiger partial charge in [-0.3, -0.25) is 20.9 Å². The highest BCUT2D eigenvalue weighted by molar-refractivity contribution is 5.35. The second kappa shape index (κ2) is 5.58. The number of nitrogens with two attached hydrogens (primary N) is 1. The van der Waals surface area contributed by atoms with Crippen LogP contribution in [0.5, 0.6) is 0 Å². The average Bonchev–Trinajstić information content (AvgIpc) is 2.75. The lowest BCUT2D eigenvalue weighted by molar-refractivity contribution is 0.397. The van der Waals surface area contributed by atoms with Crippen molar-refractivity contribution in [2.75, 3.05) is 0 Å². The van der Waals surface area contributed by atoms with Crippen molar-refractivity contribution in [2.45, 2.75) is 45.1 Å². The number of hydrazine groups is 1. The van der Waals surface area contributed by atoms with Crippen LogP contribution in [0.4, 0.5) is 0 Å². The van der Waals surface area contributed by atoms with Gasteiger partial charge in [0.25, 0.3) is 0 Å². The molecular weight excluding hydrogens is 262 g/mol. The van der Waals surface area contributed by atoms with E-state index in [4.69, 9.17) is 5.84 Å². The number of fused-ring (bicyclic) bond motifs is 1. The van der Waals surface area contributed by atoms with Crippen LogP contribution in [0.3, 0.4) is 0 Å². The van der Waals surface area contributed by atoms with Crippen LogP contribution in [-0.2, 0) is 13.5 Å². The summed E-state index contributed by atoms with van der Waals surface area (Å²) in [6, 6.07) is 4.27. The summed E-state index contributed by atoms with van der Waals surface area (Å²) >= 11 is 0. The molecule has 0 bridgehead atoms. The van der Waals surface area contributed by atoms with Gasteiger partial charge >= 0.3 is 0 Å². The summed E-state index contributed by atoms with van der Waals surface area (Å²) in [4.78, 5) is 4.64. The Balaban J connectivity index is 2.06. The Hall–Kier alpha value is -1.72. The fraction of sp³-hybridized carbons (Fsp3) is 0.500. The molecule has 1 aliphatic carbocycles. The van der Waals surface area contributed by atoms with E-state index in [0.29, 0.717) is 5.92 Å². The highest BCUT2D eigenvalue weighted by Crippen LogP contribution is 2.40. The molecule has 21 heavy (non-hydrogen) atoms. The first-order chi connectivity index (χ1) is 10.1. The van der Waals surface area contributed by atoms with Crippen LogP contribution in [0.15, 0.2) is 18.3 Å². The Morgan fingerprint density at radius 3 is 2.90 bits per heavy atom. The van der Waals surface area contributed by atoms with Crippen molar-refractivity contribution in [3.8, 4) is 0 Å². The fourth-order valence-corrected chi connectivity index (χ4v) is 3.61. The van der Waals surface area contributed by atoms with Gasteiger partial charge in [-0.15, -0.1) is 0 Å². The third kappa shape index (κ3) is 2.36. The van der Waals surface area contributed by atoms with Crippen LogP contribution in [-0.4, -0.2) is 14.8 Å². The average molecular weight is 285 g/mol. The second-order valence-electron chi connectivity index (χ2n) is 5.90. The normalized spacial score (nSPS) is 19.3. The number of hydrogen-bond donors (Lipinski definition) is 2. The molecule has 2 unspecified atom stereocenters. The van der Waals surface area contributed by atoms with Crippen LogP contribution in [0, 0.1) is 13.8 Å². The molecule has 1 aliphatic rings. The van der Waals surface area contributed by atoms with E-state index >= 15 is 0 Å². The lowest BCUT2D eigenvalue weighted by atomic mass is 9.79. The molecular formula is C16H23N5. The number of aryl methyl sites for hydroxylation is 3. The molecule has 112 valence electrons. The number of nitrogens with one attached hydrogen (secondary N) is 1. The summed E-state index contributed by atoms with van der Waals surface area (Å²) < 4.78 is 1.93. The van der Waals surface area contributed by atoms with Gasteiger partial charge in [0.1, 0.15) is 0 Å². The first kappa shape index (κ1) is 14.2. The van der Waals surface area contributed by atoms with E-state index in [1.165, 1.54) is 28.9 Å². The number of hydrogen-bond acceptors (Lipinski definition) is 4. The summed E-state index contributed by atoms with van der Waals surface area (Å²) in [6.07, 6.45) is 5.28. The summed E-state index contributed by atoms with van der Waals surface area (Å²) in [5.41, 5.74) is 8.99. The van der Waals surface area contributed by atoms with Gasteiger partial charge in [0.2, 0.25) is 0 Å². The Bertz CT molecular complexity index is 646. The minimum absolute atomic E-state index is 0.0626. The van der Waals surface area contributed by atoms with Gasteiger partial charge in [-0.2, -0.15) is 5.10 Å². The van der Waals surface area contributed by atoms with E-state index in [1.54, 1.807) is 0 Å². The highest BCUT2D eigenvalue weighted by Gasteiger charge is 2.32. The largest absolute Gasteiger partial charge is 0.272 e. The fourth-order valence-electron chi connectivity index (χ4n) is 3.61. The maximum atomic E-state index is 5.92. The minimum atomic E-state index is 0.0626. The molecule has 5 nitrogen and oxygen atoms in total. The molecule has 3 N–H and O–H groups in total. The van der Waals surface area contributed by atoms with E-state index in [0.717, 1.165) is 18.5 Å². The zero-order chi connectivity index (χ0) is 15.0. The Morgan fingerprint density at radius 1 is 1.43 bits per heavy atom. The zero-order valence-corrected chi connectivity index (χ0v) is 12.9. The molecule has 0 saturated heterocycles. The van der Waals surface area contributed by atoms with E-state index in [-0.39, 0.29) is 6.04 Å². The maximum absolute atomic E-state index is 5.92. The van der Waals surface area contributed by atoms with Crippen molar-refractivity contribution in [3.63, 3.8) is 0 Å². The highest BCUT2D eigenvalue weighted by atomic mass is 15.3. The summed E-state index contributed by atoms with van der Waals surface area (Å²) in [5, 5.41) is 4.53. The lowest BCUT2D eigenvalue weighted by Crippen LogP contribution is -2.35. The molecule has 2 heterocycles. The topological polar surface area (TPSA) is 68.8 Å². The minimum Gasteiger partial charge on any atom is -0.272 e. The predicted octanol–water partition coefficient (Wildman–Crippen LogP) is 2.06. The van der Waals surface area contributed by atoms with E-state index in [9.17, 15) is 0 Å². The third-order valence-electron chi connectivity index (χ3n) is 4.70. The van der Waals surface area contributed by atoms with Crippen molar-refractivity contribution in [2.24, 2.45) is 12.9 Å². The van der Waals surface area contributed by atoms with Gasteiger partial charge < -0.3 is 0 Å². The van der Waals surface area contributed by atoms with Crippen LogP contribution in [0.1, 0.15) is 53.0 Å². The molecule has 0 aromatic carbocycles. The summed E-state index contributed by atoms with van der Waals surface area (Å²) in [6.45, 7) is 4.15. The molecule has 2 atom stereocenters. The van der Waals surface area contributed by atoms with E-state index in [2.05, 4.69) is 35.4 Å². The van der Waals surface area contributed by atoms with Crippen molar-refractivity contribution in [3.05, 3.63) is 46.5 Å². The number of nitrogens with zero attached hydrogens (tertiary/aromatic N) is 3. The number of pyridine rings is 1. The van der Waals surface area contributed by atoms with Crippen LogP contribution in [0.25, 0.3) is 0 Å². The molecule has 0 radical (unpaired) electrons. The predicted molar refractivity (Wildman–Crippen MR) is 82.7 cm³/mol. The van der Waals surface area contributed by atoms with Gasteiger partial charge in [-0.05, 0) is 44.7 Å². The summed E-state index contributed by atoms with van der Waals surface area (Å²) in [5.74, 6) is 6.23. The van der Waals surface area contributed by atoms with Crippen LogP contribution >= 0.6 is 0 Å². The molecule has 5 heteroatoms. The smallest absolute Gasteiger partial charge is 0.0644 e. The lowest BCUT2D eigenvalue weighted by Gasteiger charge is -2.31. The van der Waals surface area contributed by atoms with Gasteiger partial charge in [-0.25, -0.2) is 0 Å². The molecule has 0 fully saturated rings. The monoisotopic (exact) mass is 285 g/mol. The molecule has 3 rings (SSSR count). The molecule has 2 aromatic heterocycles. The van der Waals surface area contributed by atoms with E-state index in [1.807, 2.05) is 24.0 Å². The first-order valence-electron chi connectivity index (χ1n) is 7.53. The zero-order valence-electron chi connectivity index (χ0n) is 12.9. The standard InChI is InChI=1S/C16H23N5/c1-10-14(11(2)21(3)20-10)16(19-17)13-8-4-6-12-7-5-9-18-15(12)13/h5,7,9,13,16,19H,4,6,8,17H2,1-3H3. The van der Waals surface area contributed by atoms with Gasteiger partial charge in [0.15, 0.2) is 0 Å². The van der Waals surface area contributed by atoms with Gasteiger partial charge in [0.05, 0.1) is 11.7 Å². The molecule has 0 aliphatic heterocycles. The summed E-state index contributed by atoms with van der Waals surface area (Å²) in [7, 11) is 1.98. The maximum Gasteiger partial charge on any atom is 0.0644 e. The number of aromatic nitrogens is 3. The van der Waals surface area contributed by atoms with Crippen molar-refractivity contribution < 1.29 is 0 Å². The van der Waals surface area contributed by atoms with Gasteiger partial charge in [-0.1, -0.05) is 6.07 Å². The van der Waals surface area contributed by atoms with Crippen LogP contribution in [0.2, 0.25) is 0 Å².